The first-order chi connectivity index (χ1) is 17.9. The SMILES string of the molecule is CC(C)N(CC(=O)OCc1ccccc1)NC(=O)[C@H](CC1CCCC1)CN(C=O)OCc1ccccc1. The van der Waals surface area contributed by atoms with Gasteiger partial charge in [0.2, 0.25) is 12.3 Å². The third-order valence-corrected chi connectivity index (χ3v) is 6.64. The van der Waals surface area contributed by atoms with Gasteiger partial charge in [0.05, 0.1) is 12.5 Å². The van der Waals surface area contributed by atoms with Gasteiger partial charge in [-0.15, -0.1) is 0 Å². The maximum atomic E-state index is 13.4. The number of hydrazine groups is 1. The summed E-state index contributed by atoms with van der Waals surface area (Å²) in [4.78, 5) is 43.4. The number of carbonyl (C=O) groups excluding carboxylic acids is 3. The summed E-state index contributed by atoms with van der Waals surface area (Å²) in [7, 11) is 0. The van der Waals surface area contributed by atoms with Crippen molar-refractivity contribution in [1.82, 2.24) is 15.5 Å². The van der Waals surface area contributed by atoms with Crippen molar-refractivity contribution >= 4 is 18.3 Å². The Hall–Kier alpha value is -3.23. The van der Waals surface area contributed by atoms with E-state index < -0.39 is 11.9 Å². The fraction of sp³-hybridized carbons (Fsp3) is 0.483. The molecule has 8 heteroatoms. The summed E-state index contributed by atoms with van der Waals surface area (Å²) in [6, 6.07) is 18.9. The molecule has 8 nitrogen and oxygen atoms in total. The van der Waals surface area contributed by atoms with Crippen LogP contribution < -0.4 is 5.43 Å². The van der Waals surface area contributed by atoms with Crippen LogP contribution in [0.2, 0.25) is 0 Å². The number of carbonyl (C=O) groups is 3. The lowest BCUT2D eigenvalue weighted by Gasteiger charge is -2.30. The van der Waals surface area contributed by atoms with Gasteiger partial charge in [0.15, 0.2) is 0 Å². The Morgan fingerprint density at radius 3 is 2.14 bits per heavy atom. The van der Waals surface area contributed by atoms with Crippen LogP contribution >= 0.6 is 0 Å². The van der Waals surface area contributed by atoms with E-state index in [1.807, 2.05) is 74.5 Å². The number of amides is 2. The topological polar surface area (TPSA) is 88.2 Å². The van der Waals surface area contributed by atoms with Gasteiger partial charge >= 0.3 is 5.97 Å². The molecule has 2 aromatic rings. The van der Waals surface area contributed by atoms with E-state index in [0.29, 0.717) is 18.7 Å². The molecule has 1 atom stereocenters. The van der Waals surface area contributed by atoms with Gasteiger partial charge in [0.1, 0.15) is 19.8 Å². The van der Waals surface area contributed by atoms with Crippen LogP contribution in [-0.2, 0) is 37.2 Å². The third-order valence-electron chi connectivity index (χ3n) is 6.64. The fourth-order valence-electron chi connectivity index (χ4n) is 4.49. The number of nitrogens with zero attached hydrogens (tertiary/aromatic N) is 2. The molecule has 1 fully saturated rings. The van der Waals surface area contributed by atoms with Crippen molar-refractivity contribution < 1.29 is 24.0 Å². The number of rotatable bonds is 15. The number of nitrogens with one attached hydrogen (secondary N) is 1. The lowest BCUT2D eigenvalue weighted by molar-refractivity contribution is -0.183. The Labute approximate surface area is 219 Å². The molecule has 37 heavy (non-hydrogen) atoms. The summed E-state index contributed by atoms with van der Waals surface area (Å²) in [5, 5.41) is 2.80. The van der Waals surface area contributed by atoms with E-state index in [4.69, 9.17) is 9.57 Å². The van der Waals surface area contributed by atoms with Gasteiger partial charge in [-0.05, 0) is 37.3 Å². The van der Waals surface area contributed by atoms with E-state index in [1.54, 1.807) is 5.01 Å². The number of ether oxygens (including phenoxy) is 1. The fourth-order valence-corrected chi connectivity index (χ4v) is 4.49. The van der Waals surface area contributed by atoms with Crippen LogP contribution in [0.4, 0.5) is 0 Å². The second-order valence-electron chi connectivity index (χ2n) is 9.89. The number of hydrogen-bond acceptors (Lipinski definition) is 6. The first-order valence-electron chi connectivity index (χ1n) is 13.1. The number of esters is 1. The molecule has 0 heterocycles. The summed E-state index contributed by atoms with van der Waals surface area (Å²) < 4.78 is 5.41. The summed E-state index contributed by atoms with van der Waals surface area (Å²) in [6.45, 7) is 4.28. The average molecular weight is 510 g/mol. The standard InChI is InChI=1S/C29H39N3O5/c1-23(2)32(19-28(34)36-20-25-13-5-3-6-14-25)30-29(35)27(17-24-11-9-10-12-24)18-31(22-33)37-21-26-15-7-4-8-16-26/h3-8,13-16,22-24,27H,9-12,17-21H2,1-2H3,(H,30,35)/t27-/m1/s1. The molecule has 200 valence electrons. The third kappa shape index (κ3) is 9.98. The molecule has 2 aromatic carbocycles. The molecule has 0 bridgehead atoms. The zero-order chi connectivity index (χ0) is 26.5. The molecule has 3 rings (SSSR count). The normalized spacial score (nSPS) is 14.5. The number of hydrogen-bond donors (Lipinski definition) is 1. The largest absolute Gasteiger partial charge is 0.460 e. The van der Waals surface area contributed by atoms with E-state index in [2.05, 4.69) is 5.43 Å². The second kappa shape index (κ2) is 15.1. The van der Waals surface area contributed by atoms with E-state index >= 15 is 0 Å². The Bertz CT molecular complexity index is 964. The van der Waals surface area contributed by atoms with Crippen LogP contribution in [0, 0.1) is 11.8 Å². The zero-order valence-corrected chi connectivity index (χ0v) is 21.9. The minimum atomic E-state index is -0.467. The van der Waals surface area contributed by atoms with Crippen molar-refractivity contribution in [2.75, 3.05) is 13.1 Å². The van der Waals surface area contributed by atoms with Gasteiger partial charge in [-0.1, -0.05) is 86.3 Å². The Morgan fingerprint density at radius 2 is 1.57 bits per heavy atom. The van der Waals surface area contributed by atoms with Gasteiger partial charge in [-0.2, -0.15) is 0 Å². The molecular formula is C29H39N3O5. The second-order valence-corrected chi connectivity index (χ2v) is 9.89. The molecule has 0 aliphatic heterocycles. The minimum absolute atomic E-state index is 0.0751. The molecule has 0 radical (unpaired) electrons. The van der Waals surface area contributed by atoms with Crippen LogP contribution in [0.15, 0.2) is 60.7 Å². The Balaban J connectivity index is 1.59. The monoisotopic (exact) mass is 509 g/mol. The highest BCUT2D eigenvalue weighted by atomic mass is 16.7. The predicted molar refractivity (Wildman–Crippen MR) is 140 cm³/mol. The molecule has 1 N–H and O–H groups in total. The summed E-state index contributed by atoms with van der Waals surface area (Å²) in [5.41, 5.74) is 4.75. The highest BCUT2D eigenvalue weighted by Gasteiger charge is 2.29. The van der Waals surface area contributed by atoms with Crippen molar-refractivity contribution in [2.45, 2.75) is 65.2 Å². The highest BCUT2D eigenvalue weighted by molar-refractivity contribution is 5.79. The van der Waals surface area contributed by atoms with Crippen molar-refractivity contribution in [3.63, 3.8) is 0 Å². The lowest BCUT2D eigenvalue weighted by Crippen LogP contribution is -2.52. The minimum Gasteiger partial charge on any atom is -0.460 e. The zero-order valence-electron chi connectivity index (χ0n) is 21.9. The van der Waals surface area contributed by atoms with E-state index in [0.717, 1.165) is 36.8 Å². The van der Waals surface area contributed by atoms with Crippen molar-refractivity contribution in [3.05, 3.63) is 71.8 Å². The predicted octanol–water partition coefficient (Wildman–Crippen LogP) is 4.26. The number of benzene rings is 2. The Morgan fingerprint density at radius 1 is 0.973 bits per heavy atom. The first-order valence-corrected chi connectivity index (χ1v) is 13.1. The van der Waals surface area contributed by atoms with Crippen LogP contribution in [-0.4, -0.2) is 47.5 Å². The van der Waals surface area contributed by atoms with Crippen LogP contribution in [0.1, 0.15) is 57.1 Å². The van der Waals surface area contributed by atoms with Crippen molar-refractivity contribution in [3.8, 4) is 0 Å². The molecule has 1 aliphatic carbocycles. The molecule has 1 aliphatic rings. The molecule has 0 spiro atoms. The number of hydroxylamine groups is 2. The van der Waals surface area contributed by atoms with Gasteiger partial charge in [-0.25, -0.2) is 10.1 Å². The first kappa shape index (κ1) is 28.3. The van der Waals surface area contributed by atoms with E-state index in [-0.39, 0.29) is 38.3 Å². The van der Waals surface area contributed by atoms with E-state index in [1.165, 1.54) is 5.06 Å². The van der Waals surface area contributed by atoms with Crippen molar-refractivity contribution in [1.29, 1.82) is 0 Å². The van der Waals surface area contributed by atoms with E-state index in [9.17, 15) is 14.4 Å². The van der Waals surface area contributed by atoms with Gasteiger partial charge < -0.3 is 4.74 Å². The Kier molecular flexibility index (Phi) is 11.6. The molecule has 0 aromatic heterocycles. The molecule has 0 saturated heterocycles. The van der Waals surface area contributed by atoms with Crippen LogP contribution in [0.25, 0.3) is 0 Å². The van der Waals surface area contributed by atoms with Gasteiger partial charge in [0, 0.05) is 6.04 Å². The molecule has 2 amide bonds. The van der Waals surface area contributed by atoms with Gasteiger partial charge in [0.25, 0.3) is 0 Å². The van der Waals surface area contributed by atoms with Crippen LogP contribution in [0.3, 0.4) is 0 Å². The summed E-state index contributed by atoms with van der Waals surface area (Å²) in [6.07, 6.45) is 5.76. The summed E-state index contributed by atoms with van der Waals surface area (Å²) in [5.74, 6) is -0.690. The van der Waals surface area contributed by atoms with Gasteiger partial charge in [-0.3, -0.25) is 24.6 Å². The van der Waals surface area contributed by atoms with Crippen LogP contribution in [0.5, 0.6) is 0 Å². The molecular weight excluding hydrogens is 470 g/mol. The summed E-state index contributed by atoms with van der Waals surface area (Å²) >= 11 is 0. The lowest BCUT2D eigenvalue weighted by atomic mass is 9.92. The van der Waals surface area contributed by atoms with Crippen molar-refractivity contribution in [2.24, 2.45) is 11.8 Å². The molecule has 0 unspecified atom stereocenters. The highest BCUT2D eigenvalue weighted by Crippen LogP contribution is 2.31. The maximum absolute atomic E-state index is 13.4. The quantitative estimate of drug-likeness (QED) is 0.219. The maximum Gasteiger partial charge on any atom is 0.322 e. The smallest absolute Gasteiger partial charge is 0.322 e. The average Bonchev–Trinajstić information content (AvgIpc) is 3.43. The molecule has 1 saturated carbocycles.